The van der Waals surface area contributed by atoms with E-state index in [-0.39, 0.29) is 18.5 Å². The zero-order chi connectivity index (χ0) is 14.7. The van der Waals surface area contributed by atoms with Gasteiger partial charge >= 0.3 is 5.97 Å². The van der Waals surface area contributed by atoms with E-state index in [2.05, 4.69) is 6.07 Å². The summed E-state index contributed by atoms with van der Waals surface area (Å²) in [4.78, 5) is 28.0. The molecule has 1 N–H and O–H groups in total. The third kappa shape index (κ3) is 3.19. The fraction of sp³-hybridized carbons (Fsp3) is 0.571. The highest BCUT2D eigenvalue weighted by atomic mass is 32.1. The molecule has 0 radical (unpaired) electrons. The van der Waals surface area contributed by atoms with Gasteiger partial charge in [0.25, 0.3) is 0 Å². The van der Waals surface area contributed by atoms with Crippen molar-refractivity contribution in [3.63, 3.8) is 0 Å². The number of likely N-dealkylation sites (tertiary alicyclic amines) is 1. The molecule has 0 bridgehead atoms. The lowest BCUT2D eigenvalue weighted by molar-refractivity contribution is -0.143. The Balaban J connectivity index is 2.00. The first-order valence-electron chi connectivity index (χ1n) is 6.76. The van der Waals surface area contributed by atoms with E-state index in [9.17, 15) is 9.59 Å². The third-order valence-corrected chi connectivity index (χ3v) is 4.82. The maximum absolute atomic E-state index is 12.4. The number of hydrogen-bond donors (Lipinski definition) is 1. The van der Waals surface area contributed by atoms with Crippen molar-refractivity contribution in [3.05, 3.63) is 22.4 Å². The Morgan fingerprint density at radius 3 is 2.95 bits per heavy atom. The van der Waals surface area contributed by atoms with E-state index in [1.165, 1.54) is 4.88 Å². The molecule has 0 spiro atoms. The Hall–Kier alpha value is -1.40. The van der Waals surface area contributed by atoms with Crippen LogP contribution in [0.3, 0.4) is 0 Å². The molecule has 0 aliphatic carbocycles. The van der Waals surface area contributed by atoms with Gasteiger partial charge in [-0.05, 0) is 38.3 Å². The Bertz CT molecular complexity index is 475. The summed E-state index contributed by atoms with van der Waals surface area (Å²) in [6.07, 6.45) is 2.00. The molecule has 5 nitrogen and oxygen atoms in total. The van der Waals surface area contributed by atoms with Gasteiger partial charge in [-0.1, -0.05) is 6.07 Å². The van der Waals surface area contributed by atoms with Crippen LogP contribution in [0.25, 0.3) is 0 Å². The summed E-state index contributed by atoms with van der Waals surface area (Å²) in [5.74, 6) is -0.895. The van der Waals surface area contributed by atoms with Crippen molar-refractivity contribution in [1.29, 1.82) is 0 Å². The smallest absolute Gasteiger partial charge is 0.320 e. The molecule has 1 saturated heterocycles. The molecular weight excluding hydrogens is 276 g/mol. The minimum Gasteiger partial charge on any atom is -0.480 e. The minimum atomic E-state index is -0.906. The first-order valence-corrected chi connectivity index (χ1v) is 7.64. The highest BCUT2D eigenvalue weighted by Crippen LogP contribution is 2.34. The first-order chi connectivity index (χ1) is 9.50. The van der Waals surface area contributed by atoms with E-state index < -0.39 is 12.0 Å². The summed E-state index contributed by atoms with van der Waals surface area (Å²) in [6.45, 7) is 2.50. The van der Waals surface area contributed by atoms with Crippen molar-refractivity contribution in [2.24, 2.45) is 0 Å². The molecule has 1 fully saturated rings. The second kappa shape index (κ2) is 6.37. The SMILES string of the molecule is CC(C(=O)O)N(C)CC(=O)N1CCCC1c1cccs1. The maximum atomic E-state index is 12.4. The van der Waals surface area contributed by atoms with Gasteiger partial charge in [0.15, 0.2) is 0 Å². The monoisotopic (exact) mass is 296 g/mol. The second-order valence-corrected chi connectivity index (χ2v) is 6.17. The van der Waals surface area contributed by atoms with Gasteiger partial charge in [-0.15, -0.1) is 11.3 Å². The summed E-state index contributed by atoms with van der Waals surface area (Å²) in [6, 6.07) is 3.57. The van der Waals surface area contributed by atoms with E-state index in [1.54, 1.807) is 30.2 Å². The number of aliphatic carboxylic acids is 1. The number of carbonyl (C=O) groups excluding carboxylic acids is 1. The van der Waals surface area contributed by atoms with Crippen molar-refractivity contribution < 1.29 is 14.7 Å². The van der Waals surface area contributed by atoms with E-state index in [0.29, 0.717) is 0 Å². The molecule has 1 amide bonds. The fourth-order valence-corrected chi connectivity index (χ4v) is 3.35. The molecule has 1 aromatic heterocycles. The standard InChI is InChI=1S/C14H20N2O3S/c1-10(14(18)19)15(2)9-13(17)16-7-3-5-11(16)12-6-4-8-20-12/h4,6,8,10-11H,3,5,7,9H2,1-2H3,(H,18,19). The van der Waals surface area contributed by atoms with Gasteiger partial charge in [-0.3, -0.25) is 14.5 Å². The van der Waals surface area contributed by atoms with Crippen LogP contribution >= 0.6 is 11.3 Å². The predicted molar refractivity (Wildman–Crippen MR) is 77.7 cm³/mol. The molecule has 2 unspecified atom stereocenters. The molecule has 1 aliphatic heterocycles. The fourth-order valence-electron chi connectivity index (χ4n) is 2.47. The predicted octanol–water partition coefficient (Wildman–Crippen LogP) is 1.82. The van der Waals surface area contributed by atoms with Crippen molar-refractivity contribution in [3.8, 4) is 0 Å². The molecule has 1 aromatic rings. The van der Waals surface area contributed by atoms with Crippen molar-refractivity contribution in [2.75, 3.05) is 20.1 Å². The summed E-state index contributed by atoms with van der Waals surface area (Å²) < 4.78 is 0. The molecule has 110 valence electrons. The number of likely N-dealkylation sites (N-methyl/N-ethyl adjacent to an activating group) is 1. The Morgan fingerprint density at radius 1 is 1.60 bits per heavy atom. The van der Waals surface area contributed by atoms with Gasteiger partial charge in [-0.25, -0.2) is 0 Å². The average Bonchev–Trinajstić information content (AvgIpc) is 3.07. The van der Waals surface area contributed by atoms with E-state index in [0.717, 1.165) is 19.4 Å². The molecule has 20 heavy (non-hydrogen) atoms. The summed E-state index contributed by atoms with van der Waals surface area (Å²) in [7, 11) is 1.67. The van der Waals surface area contributed by atoms with Gasteiger partial charge in [0.2, 0.25) is 5.91 Å². The Labute approximate surface area is 122 Å². The highest BCUT2D eigenvalue weighted by Gasteiger charge is 2.31. The molecule has 0 saturated carbocycles. The lowest BCUT2D eigenvalue weighted by Gasteiger charge is -2.28. The quantitative estimate of drug-likeness (QED) is 0.900. The van der Waals surface area contributed by atoms with Crippen LogP contribution in [0.1, 0.15) is 30.7 Å². The highest BCUT2D eigenvalue weighted by molar-refractivity contribution is 7.10. The molecule has 6 heteroatoms. The van der Waals surface area contributed by atoms with Crippen LogP contribution in [0.2, 0.25) is 0 Å². The second-order valence-electron chi connectivity index (χ2n) is 5.19. The van der Waals surface area contributed by atoms with Crippen molar-refractivity contribution in [1.82, 2.24) is 9.80 Å². The van der Waals surface area contributed by atoms with Crippen LogP contribution < -0.4 is 0 Å². The zero-order valence-corrected chi connectivity index (χ0v) is 12.6. The largest absolute Gasteiger partial charge is 0.480 e. The number of amides is 1. The van der Waals surface area contributed by atoms with Gasteiger partial charge < -0.3 is 10.0 Å². The van der Waals surface area contributed by atoms with Crippen LogP contribution in [0, 0.1) is 0 Å². The van der Waals surface area contributed by atoms with Crippen LogP contribution in [-0.2, 0) is 9.59 Å². The summed E-state index contributed by atoms with van der Waals surface area (Å²) in [5.41, 5.74) is 0. The van der Waals surface area contributed by atoms with Crippen molar-refractivity contribution >= 4 is 23.2 Å². The van der Waals surface area contributed by atoms with Crippen LogP contribution in [-0.4, -0.2) is 53.0 Å². The topological polar surface area (TPSA) is 60.9 Å². The molecule has 2 heterocycles. The average molecular weight is 296 g/mol. The first kappa shape index (κ1) is 15.0. The molecule has 2 atom stereocenters. The van der Waals surface area contributed by atoms with E-state index in [4.69, 9.17) is 5.11 Å². The summed E-state index contributed by atoms with van der Waals surface area (Å²) >= 11 is 1.67. The molecule has 2 rings (SSSR count). The van der Waals surface area contributed by atoms with Crippen molar-refractivity contribution in [2.45, 2.75) is 31.8 Å². The number of carboxylic acids is 1. The zero-order valence-electron chi connectivity index (χ0n) is 11.8. The number of carbonyl (C=O) groups is 2. The minimum absolute atomic E-state index is 0.0106. The Morgan fingerprint density at radius 2 is 2.35 bits per heavy atom. The summed E-state index contributed by atoms with van der Waals surface area (Å²) in [5, 5.41) is 11.0. The van der Waals surface area contributed by atoms with Crippen LogP contribution in [0.5, 0.6) is 0 Å². The number of rotatable bonds is 5. The van der Waals surface area contributed by atoms with Gasteiger partial charge in [-0.2, -0.15) is 0 Å². The van der Waals surface area contributed by atoms with Gasteiger partial charge in [0.1, 0.15) is 6.04 Å². The number of nitrogens with zero attached hydrogens (tertiary/aromatic N) is 2. The number of thiophene rings is 1. The molecule has 1 aliphatic rings. The van der Waals surface area contributed by atoms with Gasteiger partial charge in [0.05, 0.1) is 12.6 Å². The van der Waals surface area contributed by atoms with Crippen LogP contribution in [0.4, 0.5) is 0 Å². The Kier molecular flexibility index (Phi) is 4.77. The number of hydrogen-bond acceptors (Lipinski definition) is 4. The number of carboxylic acid groups (broad SMARTS) is 1. The third-order valence-electron chi connectivity index (χ3n) is 3.85. The van der Waals surface area contributed by atoms with E-state index in [1.807, 2.05) is 16.3 Å². The van der Waals surface area contributed by atoms with E-state index >= 15 is 0 Å². The lowest BCUT2D eigenvalue weighted by Crippen LogP contribution is -2.44. The van der Waals surface area contributed by atoms with Gasteiger partial charge in [0, 0.05) is 11.4 Å². The molecule has 0 aromatic carbocycles. The normalized spacial score (nSPS) is 20.4. The lowest BCUT2D eigenvalue weighted by atomic mass is 10.2. The van der Waals surface area contributed by atoms with Crippen LogP contribution in [0.15, 0.2) is 17.5 Å². The molecular formula is C14H20N2O3S. The maximum Gasteiger partial charge on any atom is 0.320 e.